The minimum Gasteiger partial charge on any atom is -0.493 e. The number of carbonyl (C=O) groups is 1. The minimum atomic E-state index is -0.442. The first kappa shape index (κ1) is 24.2. The number of benzene rings is 1. The van der Waals surface area contributed by atoms with E-state index in [0.717, 1.165) is 64.2 Å². The van der Waals surface area contributed by atoms with E-state index in [1.807, 2.05) is 25.7 Å². The highest BCUT2D eigenvalue weighted by molar-refractivity contribution is 5.69. The second-order valence-corrected chi connectivity index (χ2v) is 12.1. The predicted octanol–water partition coefficient (Wildman–Crippen LogP) is 5.16. The molecule has 1 aromatic carbocycles. The zero-order valence-corrected chi connectivity index (χ0v) is 21.5. The third kappa shape index (κ3) is 5.95. The molecule has 184 valence electrons. The Balaban J connectivity index is 1.25. The van der Waals surface area contributed by atoms with Gasteiger partial charge in [0.15, 0.2) is 0 Å². The highest BCUT2D eigenvalue weighted by Gasteiger charge is 2.44. The lowest BCUT2D eigenvalue weighted by Gasteiger charge is -2.43. The molecular weight excluding hydrogens is 414 g/mol. The topological polar surface area (TPSA) is 45.2 Å². The molecule has 6 nitrogen and oxygen atoms in total. The third-order valence-corrected chi connectivity index (χ3v) is 7.35. The van der Waals surface area contributed by atoms with Crippen molar-refractivity contribution in [1.82, 2.24) is 9.80 Å². The maximum absolute atomic E-state index is 12.7. The molecule has 3 heterocycles. The Bertz CT molecular complexity index is 789. The number of piperazine rings is 1. The second kappa shape index (κ2) is 9.36. The molecule has 0 radical (unpaired) electrons. The quantitative estimate of drug-likeness (QED) is 0.625. The molecule has 3 aliphatic rings. The molecule has 0 spiro atoms. The van der Waals surface area contributed by atoms with Gasteiger partial charge in [-0.2, -0.15) is 0 Å². The van der Waals surface area contributed by atoms with Crippen LogP contribution in [-0.4, -0.2) is 71.9 Å². The van der Waals surface area contributed by atoms with E-state index < -0.39 is 5.60 Å². The van der Waals surface area contributed by atoms with Gasteiger partial charge in [0.25, 0.3) is 0 Å². The maximum Gasteiger partial charge on any atom is 0.410 e. The van der Waals surface area contributed by atoms with E-state index in [9.17, 15) is 4.79 Å². The van der Waals surface area contributed by atoms with Crippen LogP contribution in [0.3, 0.4) is 0 Å². The van der Waals surface area contributed by atoms with Crippen LogP contribution in [0.2, 0.25) is 0 Å². The Morgan fingerprint density at radius 3 is 2.00 bits per heavy atom. The predicted molar refractivity (Wildman–Crippen MR) is 133 cm³/mol. The molecule has 3 aliphatic heterocycles. The van der Waals surface area contributed by atoms with Crippen molar-refractivity contribution in [1.29, 1.82) is 0 Å². The summed E-state index contributed by atoms with van der Waals surface area (Å²) in [5, 5.41) is 0. The first-order chi connectivity index (χ1) is 15.5. The van der Waals surface area contributed by atoms with Gasteiger partial charge in [0.1, 0.15) is 11.4 Å². The number of carbonyl (C=O) groups excluding carboxylic acids is 1. The molecule has 4 rings (SSSR count). The average Bonchev–Trinajstić information content (AvgIpc) is 3.01. The van der Waals surface area contributed by atoms with Gasteiger partial charge >= 0.3 is 6.09 Å². The molecule has 0 N–H and O–H groups in total. The molecule has 0 saturated carbocycles. The molecule has 6 heteroatoms. The Morgan fingerprint density at radius 2 is 1.48 bits per heavy atom. The largest absolute Gasteiger partial charge is 0.493 e. The van der Waals surface area contributed by atoms with Crippen molar-refractivity contribution in [2.45, 2.75) is 90.4 Å². The lowest BCUT2D eigenvalue weighted by Crippen LogP contribution is -2.53. The molecule has 2 bridgehead atoms. The fraction of sp³-hybridized carbons (Fsp3) is 0.741. The summed E-state index contributed by atoms with van der Waals surface area (Å²) in [5.74, 6) is 1.43. The molecule has 33 heavy (non-hydrogen) atoms. The lowest BCUT2D eigenvalue weighted by molar-refractivity contribution is -0.000963. The standard InChI is InChI=1S/C27H43N3O3/c1-26(2,3)29-15-13-28(14-16-29)21-9-11-24(12-10-21)32-19-20-17-22-7-8-23(18-20)30(22)25(31)33-27(4,5)6/h9-12,20,22-23H,7-8,13-19H2,1-6H3/t20-,22+,23-. The number of fused-ring (bicyclic) bond motifs is 2. The van der Waals surface area contributed by atoms with Crippen LogP contribution in [-0.2, 0) is 4.74 Å². The Labute approximate surface area is 200 Å². The summed E-state index contributed by atoms with van der Waals surface area (Å²) >= 11 is 0. The van der Waals surface area contributed by atoms with Gasteiger partial charge in [-0.05, 0) is 97.4 Å². The summed E-state index contributed by atoms with van der Waals surface area (Å²) in [6.07, 6.45) is 4.03. The molecule has 0 unspecified atom stereocenters. The first-order valence-corrected chi connectivity index (χ1v) is 12.7. The molecule has 3 saturated heterocycles. The van der Waals surface area contributed by atoms with Crippen molar-refractivity contribution in [3.05, 3.63) is 24.3 Å². The van der Waals surface area contributed by atoms with Gasteiger partial charge < -0.3 is 19.3 Å². The summed E-state index contributed by atoms with van der Waals surface area (Å²) in [6.45, 7) is 17.7. The fourth-order valence-electron chi connectivity index (χ4n) is 5.64. The Hall–Kier alpha value is -1.95. The third-order valence-electron chi connectivity index (χ3n) is 7.35. The van der Waals surface area contributed by atoms with Gasteiger partial charge in [-0.1, -0.05) is 0 Å². The monoisotopic (exact) mass is 457 g/mol. The number of anilines is 1. The SMILES string of the molecule is CC(C)(C)OC(=O)N1[C@@H]2CC[C@H]1C[C@@H](COc1ccc(N3CCN(C(C)(C)C)CC3)cc1)C2. The fourth-order valence-corrected chi connectivity index (χ4v) is 5.64. The normalized spacial score (nSPS) is 26.4. The van der Waals surface area contributed by atoms with Crippen LogP contribution in [0.5, 0.6) is 5.75 Å². The number of piperidine rings is 1. The number of hydrogen-bond acceptors (Lipinski definition) is 5. The van der Waals surface area contributed by atoms with E-state index >= 15 is 0 Å². The van der Waals surface area contributed by atoms with Crippen LogP contribution >= 0.6 is 0 Å². The molecule has 3 fully saturated rings. The summed E-state index contributed by atoms with van der Waals surface area (Å²) in [4.78, 5) is 19.7. The number of rotatable bonds is 4. The summed E-state index contributed by atoms with van der Waals surface area (Å²) in [6, 6.07) is 9.18. The van der Waals surface area contributed by atoms with Gasteiger partial charge in [-0.15, -0.1) is 0 Å². The number of nitrogens with zero attached hydrogens (tertiary/aromatic N) is 3. The van der Waals surface area contributed by atoms with Gasteiger partial charge in [-0.3, -0.25) is 4.90 Å². The summed E-state index contributed by atoms with van der Waals surface area (Å²) in [5.41, 5.74) is 1.08. The molecule has 0 aliphatic carbocycles. The van der Waals surface area contributed by atoms with Crippen LogP contribution in [0.4, 0.5) is 10.5 Å². The van der Waals surface area contributed by atoms with Gasteiger partial charge in [-0.25, -0.2) is 4.79 Å². The Kier molecular flexibility index (Phi) is 6.86. The van der Waals surface area contributed by atoms with Crippen LogP contribution in [0.1, 0.15) is 67.2 Å². The number of hydrogen-bond donors (Lipinski definition) is 0. The van der Waals surface area contributed by atoms with E-state index in [0.29, 0.717) is 18.0 Å². The van der Waals surface area contributed by atoms with Gasteiger partial charge in [0.2, 0.25) is 0 Å². The van der Waals surface area contributed by atoms with Crippen molar-refractivity contribution < 1.29 is 14.3 Å². The summed E-state index contributed by atoms with van der Waals surface area (Å²) < 4.78 is 11.8. The van der Waals surface area contributed by atoms with E-state index in [1.165, 1.54) is 5.69 Å². The zero-order valence-electron chi connectivity index (χ0n) is 21.5. The lowest BCUT2D eigenvalue weighted by atomic mass is 9.91. The number of ether oxygens (including phenoxy) is 2. The highest BCUT2D eigenvalue weighted by atomic mass is 16.6. The maximum atomic E-state index is 12.7. The first-order valence-electron chi connectivity index (χ1n) is 12.7. The van der Waals surface area contributed by atoms with E-state index in [4.69, 9.17) is 9.47 Å². The van der Waals surface area contributed by atoms with E-state index in [-0.39, 0.29) is 11.6 Å². The summed E-state index contributed by atoms with van der Waals surface area (Å²) in [7, 11) is 0. The van der Waals surface area contributed by atoms with Gasteiger partial charge in [0, 0.05) is 49.5 Å². The van der Waals surface area contributed by atoms with Crippen LogP contribution in [0, 0.1) is 5.92 Å². The van der Waals surface area contributed by atoms with Crippen molar-refractivity contribution in [2.75, 3.05) is 37.7 Å². The van der Waals surface area contributed by atoms with E-state index in [2.05, 4.69) is 54.8 Å². The zero-order chi connectivity index (χ0) is 23.8. The van der Waals surface area contributed by atoms with Crippen molar-refractivity contribution in [3.63, 3.8) is 0 Å². The van der Waals surface area contributed by atoms with Crippen molar-refractivity contribution in [3.8, 4) is 5.75 Å². The Morgan fingerprint density at radius 1 is 0.909 bits per heavy atom. The molecule has 1 amide bonds. The number of amides is 1. The highest BCUT2D eigenvalue weighted by Crippen LogP contribution is 2.39. The molecule has 1 aromatic rings. The molecular formula is C27H43N3O3. The second-order valence-electron chi connectivity index (χ2n) is 12.1. The average molecular weight is 458 g/mol. The molecule has 0 aromatic heterocycles. The molecule has 3 atom stereocenters. The van der Waals surface area contributed by atoms with Gasteiger partial charge in [0.05, 0.1) is 6.61 Å². The van der Waals surface area contributed by atoms with Crippen molar-refractivity contribution in [2.24, 2.45) is 5.92 Å². The van der Waals surface area contributed by atoms with Crippen LogP contribution < -0.4 is 9.64 Å². The van der Waals surface area contributed by atoms with E-state index in [1.54, 1.807) is 0 Å². The van der Waals surface area contributed by atoms with Crippen molar-refractivity contribution >= 4 is 11.8 Å². The smallest absolute Gasteiger partial charge is 0.410 e. The van der Waals surface area contributed by atoms with Crippen LogP contribution in [0.25, 0.3) is 0 Å². The minimum absolute atomic E-state index is 0.145. The van der Waals surface area contributed by atoms with Crippen LogP contribution in [0.15, 0.2) is 24.3 Å².